The van der Waals surface area contributed by atoms with E-state index in [1.807, 2.05) is 0 Å². The van der Waals surface area contributed by atoms with Crippen molar-refractivity contribution in [2.45, 2.75) is 33.6 Å². The highest BCUT2D eigenvalue weighted by atomic mass is 15.1. The van der Waals surface area contributed by atoms with Crippen LogP contribution in [0.4, 0.5) is 0 Å². The normalized spacial score (nSPS) is 24.6. The van der Waals surface area contributed by atoms with Crippen molar-refractivity contribution in [2.75, 3.05) is 19.6 Å². The molecule has 0 bridgehead atoms. The van der Waals surface area contributed by atoms with Crippen molar-refractivity contribution >= 4 is 0 Å². The van der Waals surface area contributed by atoms with Crippen molar-refractivity contribution in [3.05, 3.63) is 0 Å². The summed E-state index contributed by atoms with van der Waals surface area (Å²) < 4.78 is 0. The molecule has 0 spiro atoms. The van der Waals surface area contributed by atoms with Crippen molar-refractivity contribution < 1.29 is 0 Å². The average molecular weight is 180 g/mol. The minimum absolute atomic E-state index is 0.292. The molecule has 0 aliphatic carbocycles. The lowest BCUT2D eigenvalue weighted by Gasteiger charge is -2.22. The maximum Gasteiger partial charge on any atom is 0.0669 e. The first-order chi connectivity index (χ1) is 6.01. The molecule has 1 heterocycles. The standard InChI is InChI=1S/C11H20N2/c1-11(2,3)5-7-13-6-4-10(8-12)9-13/h10H,4-7,9H2,1-3H3. The largest absolute Gasteiger partial charge is 0.302 e. The van der Waals surface area contributed by atoms with Gasteiger partial charge in [-0.1, -0.05) is 20.8 Å². The summed E-state index contributed by atoms with van der Waals surface area (Å²) in [5, 5.41) is 8.74. The Bertz CT molecular complexity index is 197. The molecule has 1 unspecified atom stereocenters. The van der Waals surface area contributed by atoms with E-state index >= 15 is 0 Å². The summed E-state index contributed by atoms with van der Waals surface area (Å²) in [7, 11) is 0. The number of hydrogen-bond acceptors (Lipinski definition) is 2. The van der Waals surface area contributed by atoms with E-state index in [1.165, 1.54) is 6.42 Å². The van der Waals surface area contributed by atoms with Crippen LogP contribution in [0.3, 0.4) is 0 Å². The van der Waals surface area contributed by atoms with E-state index in [0.717, 1.165) is 26.1 Å². The topological polar surface area (TPSA) is 27.0 Å². The van der Waals surface area contributed by atoms with E-state index in [-0.39, 0.29) is 0 Å². The number of rotatable bonds is 2. The monoisotopic (exact) mass is 180 g/mol. The Morgan fingerprint density at radius 2 is 2.15 bits per heavy atom. The molecule has 74 valence electrons. The molecule has 1 rings (SSSR count). The second kappa shape index (κ2) is 4.11. The van der Waals surface area contributed by atoms with Crippen LogP contribution >= 0.6 is 0 Å². The SMILES string of the molecule is CC(C)(C)CCN1CCC(C#N)C1. The van der Waals surface area contributed by atoms with Crippen LogP contribution in [0.2, 0.25) is 0 Å². The Morgan fingerprint density at radius 1 is 1.46 bits per heavy atom. The number of hydrogen-bond donors (Lipinski definition) is 0. The predicted molar refractivity (Wildman–Crippen MR) is 54.2 cm³/mol. The molecule has 1 aliphatic heterocycles. The molecule has 13 heavy (non-hydrogen) atoms. The van der Waals surface area contributed by atoms with Crippen molar-refractivity contribution in [1.82, 2.24) is 4.90 Å². The predicted octanol–water partition coefficient (Wildman–Crippen LogP) is 2.27. The van der Waals surface area contributed by atoms with Crippen molar-refractivity contribution in [2.24, 2.45) is 11.3 Å². The molecule has 0 saturated carbocycles. The lowest BCUT2D eigenvalue weighted by molar-refractivity contribution is 0.262. The summed E-state index contributed by atoms with van der Waals surface area (Å²) >= 11 is 0. The van der Waals surface area contributed by atoms with Gasteiger partial charge >= 0.3 is 0 Å². The molecule has 1 saturated heterocycles. The van der Waals surface area contributed by atoms with Crippen LogP contribution in [0.1, 0.15) is 33.6 Å². The van der Waals surface area contributed by atoms with Crippen LogP contribution in [-0.4, -0.2) is 24.5 Å². The molecule has 0 aromatic heterocycles. The highest BCUT2D eigenvalue weighted by Gasteiger charge is 2.22. The first-order valence-corrected chi connectivity index (χ1v) is 5.13. The summed E-state index contributed by atoms with van der Waals surface area (Å²) in [5.74, 6) is 0.292. The van der Waals surface area contributed by atoms with E-state index in [4.69, 9.17) is 5.26 Å². The van der Waals surface area contributed by atoms with Crippen LogP contribution in [0.25, 0.3) is 0 Å². The quantitative estimate of drug-likeness (QED) is 0.652. The Hall–Kier alpha value is -0.550. The summed E-state index contributed by atoms with van der Waals surface area (Å²) in [4.78, 5) is 2.42. The molecular weight excluding hydrogens is 160 g/mol. The number of likely N-dealkylation sites (tertiary alicyclic amines) is 1. The van der Waals surface area contributed by atoms with Gasteiger partial charge in [-0.3, -0.25) is 0 Å². The maximum absolute atomic E-state index is 8.74. The fourth-order valence-corrected chi connectivity index (χ4v) is 1.63. The molecule has 0 radical (unpaired) electrons. The van der Waals surface area contributed by atoms with Gasteiger partial charge in [-0.05, 0) is 31.3 Å². The molecule has 0 aromatic rings. The van der Waals surface area contributed by atoms with Gasteiger partial charge in [-0.15, -0.1) is 0 Å². The zero-order valence-corrected chi connectivity index (χ0v) is 9.01. The third kappa shape index (κ3) is 3.78. The van der Waals surface area contributed by atoms with Gasteiger partial charge in [-0.2, -0.15) is 5.26 Å². The second-order valence-electron chi connectivity index (χ2n) is 5.23. The molecule has 1 aliphatic rings. The van der Waals surface area contributed by atoms with E-state index < -0.39 is 0 Å². The van der Waals surface area contributed by atoms with E-state index in [9.17, 15) is 0 Å². The van der Waals surface area contributed by atoms with Crippen LogP contribution < -0.4 is 0 Å². The average Bonchev–Trinajstić information content (AvgIpc) is 2.47. The zero-order valence-electron chi connectivity index (χ0n) is 9.01. The first kappa shape index (κ1) is 10.5. The summed E-state index contributed by atoms with van der Waals surface area (Å²) in [6.07, 6.45) is 2.30. The van der Waals surface area contributed by atoms with Gasteiger partial charge in [-0.25, -0.2) is 0 Å². The molecule has 2 nitrogen and oxygen atoms in total. The fourth-order valence-electron chi connectivity index (χ4n) is 1.63. The lowest BCUT2D eigenvalue weighted by Crippen LogP contribution is -2.25. The van der Waals surface area contributed by atoms with Gasteiger partial charge in [0.15, 0.2) is 0 Å². The third-order valence-electron chi connectivity index (χ3n) is 2.63. The van der Waals surface area contributed by atoms with Crippen LogP contribution in [0.15, 0.2) is 0 Å². The van der Waals surface area contributed by atoms with Crippen LogP contribution in [-0.2, 0) is 0 Å². The minimum atomic E-state index is 0.292. The zero-order chi connectivity index (χ0) is 9.90. The van der Waals surface area contributed by atoms with Gasteiger partial charge in [0.05, 0.1) is 12.0 Å². The highest BCUT2D eigenvalue weighted by molar-refractivity contribution is 4.90. The Balaban J connectivity index is 2.22. The third-order valence-corrected chi connectivity index (χ3v) is 2.63. The maximum atomic E-state index is 8.74. The number of nitriles is 1. The minimum Gasteiger partial charge on any atom is -0.302 e. The van der Waals surface area contributed by atoms with Crippen molar-refractivity contribution in [3.63, 3.8) is 0 Å². The van der Waals surface area contributed by atoms with Gasteiger partial charge in [0.2, 0.25) is 0 Å². The Labute approximate surface area is 81.5 Å². The molecule has 0 aromatic carbocycles. The molecule has 0 amide bonds. The smallest absolute Gasteiger partial charge is 0.0669 e. The Kier molecular flexibility index (Phi) is 3.33. The molecule has 0 N–H and O–H groups in total. The summed E-state index contributed by atoms with van der Waals surface area (Å²) in [6, 6.07) is 2.35. The van der Waals surface area contributed by atoms with Crippen LogP contribution in [0.5, 0.6) is 0 Å². The van der Waals surface area contributed by atoms with E-state index in [0.29, 0.717) is 11.3 Å². The van der Waals surface area contributed by atoms with Gasteiger partial charge in [0.25, 0.3) is 0 Å². The fraction of sp³-hybridized carbons (Fsp3) is 0.909. The van der Waals surface area contributed by atoms with Crippen molar-refractivity contribution in [3.8, 4) is 6.07 Å². The highest BCUT2D eigenvalue weighted by Crippen LogP contribution is 2.21. The summed E-state index contributed by atoms with van der Waals surface area (Å²) in [6.45, 7) is 10.1. The van der Waals surface area contributed by atoms with Gasteiger partial charge < -0.3 is 4.90 Å². The van der Waals surface area contributed by atoms with E-state index in [2.05, 4.69) is 31.7 Å². The molecule has 1 atom stereocenters. The number of nitrogens with zero attached hydrogens (tertiary/aromatic N) is 2. The van der Waals surface area contributed by atoms with E-state index in [1.54, 1.807) is 0 Å². The molecule has 1 fully saturated rings. The Morgan fingerprint density at radius 3 is 2.62 bits per heavy atom. The van der Waals surface area contributed by atoms with Gasteiger partial charge in [0, 0.05) is 6.54 Å². The first-order valence-electron chi connectivity index (χ1n) is 5.13. The van der Waals surface area contributed by atoms with Crippen LogP contribution in [0, 0.1) is 22.7 Å². The second-order valence-corrected chi connectivity index (χ2v) is 5.23. The summed E-state index contributed by atoms with van der Waals surface area (Å²) in [5.41, 5.74) is 0.421. The van der Waals surface area contributed by atoms with Crippen molar-refractivity contribution in [1.29, 1.82) is 5.26 Å². The molecular formula is C11H20N2. The molecule has 2 heteroatoms. The van der Waals surface area contributed by atoms with Gasteiger partial charge in [0.1, 0.15) is 0 Å². The lowest BCUT2D eigenvalue weighted by atomic mass is 9.92.